The molecular weight excluding hydrogens is 336 g/mol. The summed E-state index contributed by atoms with van der Waals surface area (Å²) in [5.41, 5.74) is 1.57. The monoisotopic (exact) mass is 356 g/mol. The number of hydrogen-bond donors (Lipinski definition) is 1. The van der Waals surface area contributed by atoms with Gasteiger partial charge in [-0.15, -0.1) is 0 Å². The van der Waals surface area contributed by atoms with Crippen LogP contribution in [0, 0.1) is 11.3 Å². The first kappa shape index (κ1) is 17.4. The van der Waals surface area contributed by atoms with E-state index in [1.54, 1.807) is 18.2 Å². The highest BCUT2D eigenvalue weighted by Crippen LogP contribution is 2.23. The Balaban J connectivity index is 1.73. The predicted molar refractivity (Wildman–Crippen MR) is 95.4 cm³/mol. The summed E-state index contributed by atoms with van der Waals surface area (Å²) in [6, 6.07) is 12.7. The molecular formula is C18H20N4O2S. The SMILES string of the molecule is CC(Nc1ccc(S(=O)(=O)N2CCCC2)cn1)c1cccc(C#N)c1. The summed E-state index contributed by atoms with van der Waals surface area (Å²) in [5, 5.41) is 12.2. The summed E-state index contributed by atoms with van der Waals surface area (Å²) in [7, 11) is -3.44. The van der Waals surface area contributed by atoms with Gasteiger partial charge in [0.05, 0.1) is 11.6 Å². The third-order valence-corrected chi connectivity index (χ3v) is 6.20. The van der Waals surface area contributed by atoms with Crippen LogP contribution in [-0.4, -0.2) is 30.8 Å². The van der Waals surface area contributed by atoms with E-state index < -0.39 is 10.0 Å². The fourth-order valence-corrected chi connectivity index (χ4v) is 4.34. The number of hydrogen-bond acceptors (Lipinski definition) is 5. The Hall–Kier alpha value is -2.43. The summed E-state index contributed by atoms with van der Waals surface area (Å²) >= 11 is 0. The molecule has 7 heteroatoms. The lowest BCUT2D eigenvalue weighted by molar-refractivity contribution is 0.477. The molecule has 6 nitrogen and oxygen atoms in total. The molecule has 0 saturated carbocycles. The first-order chi connectivity index (χ1) is 12.0. The summed E-state index contributed by atoms with van der Waals surface area (Å²) in [5.74, 6) is 0.593. The minimum atomic E-state index is -3.44. The van der Waals surface area contributed by atoms with Crippen LogP contribution in [0.3, 0.4) is 0 Å². The summed E-state index contributed by atoms with van der Waals surface area (Å²) in [6.45, 7) is 3.12. The fourth-order valence-electron chi connectivity index (χ4n) is 2.88. The molecule has 130 valence electrons. The smallest absolute Gasteiger partial charge is 0.244 e. The lowest BCUT2D eigenvalue weighted by Gasteiger charge is -2.17. The van der Waals surface area contributed by atoms with Crippen molar-refractivity contribution in [1.29, 1.82) is 5.26 Å². The van der Waals surface area contributed by atoms with Gasteiger partial charge in [-0.05, 0) is 49.6 Å². The number of nitrogens with one attached hydrogen (secondary N) is 1. The van der Waals surface area contributed by atoms with E-state index in [1.807, 2.05) is 25.1 Å². The molecule has 0 aliphatic carbocycles. The second-order valence-corrected chi connectivity index (χ2v) is 8.03. The second-order valence-electron chi connectivity index (χ2n) is 6.09. The van der Waals surface area contributed by atoms with Crippen LogP contribution in [0.15, 0.2) is 47.5 Å². The summed E-state index contributed by atoms with van der Waals surface area (Å²) < 4.78 is 26.5. The number of benzene rings is 1. The van der Waals surface area contributed by atoms with E-state index in [-0.39, 0.29) is 10.9 Å². The highest BCUT2D eigenvalue weighted by atomic mass is 32.2. The topological polar surface area (TPSA) is 86.1 Å². The van der Waals surface area contributed by atoms with Gasteiger partial charge in [0.1, 0.15) is 10.7 Å². The van der Waals surface area contributed by atoms with E-state index in [4.69, 9.17) is 5.26 Å². The van der Waals surface area contributed by atoms with Gasteiger partial charge >= 0.3 is 0 Å². The minimum Gasteiger partial charge on any atom is -0.364 e. The molecule has 2 heterocycles. The van der Waals surface area contributed by atoms with Crippen LogP contribution in [0.2, 0.25) is 0 Å². The Labute approximate surface area is 148 Å². The summed E-state index contributed by atoms with van der Waals surface area (Å²) in [4.78, 5) is 4.46. The van der Waals surface area contributed by atoms with E-state index in [2.05, 4.69) is 16.4 Å². The number of pyridine rings is 1. The molecule has 1 fully saturated rings. The van der Waals surface area contributed by atoms with Crippen LogP contribution in [-0.2, 0) is 10.0 Å². The van der Waals surface area contributed by atoms with Gasteiger partial charge in [0.2, 0.25) is 10.0 Å². The molecule has 1 unspecified atom stereocenters. The molecule has 1 aromatic heterocycles. The standard InChI is InChI=1S/C18H20N4O2S/c1-14(16-6-4-5-15(11-16)12-19)21-18-8-7-17(13-20-18)25(23,24)22-9-2-3-10-22/h4-8,11,13-14H,2-3,9-10H2,1H3,(H,20,21). The van der Waals surface area contributed by atoms with Gasteiger partial charge in [0.15, 0.2) is 0 Å². The third kappa shape index (κ3) is 3.81. The van der Waals surface area contributed by atoms with Crippen molar-refractivity contribution in [3.8, 4) is 6.07 Å². The van der Waals surface area contributed by atoms with Crippen LogP contribution >= 0.6 is 0 Å². The van der Waals surface area contributed by atoms with E-state index in [0.717, 1.165) is 18.4 Å². The molecule has 2 aromatic rings. The van der Waals surface area contributed by atoms with Gasteiger partial charge in [-0.3, -0.25) is 0 Å². The number of aromatic nitrogens is 1. The molecule has 0 bridgehead atoms. The molecule has 1 aromatic carbocycles. The van der Waals surface area contributed by atoms with Crippen molar-refractivity contribution in [1.82, 2.24) is 9.29 Å². The molecule has 1 aliphatic heterocycles. The molecule has 25 heavy (non-hydrogen) atoms. The number of anilines is 1. The maximum atomic E-state index is 12.5. The number of sulfonamides is 1. The van der Waals surface area contributed by atoms with E-state index in [1.165, 1.54) is 10.5 Å². The minimum absolute atomic E-state index is 0.0539. The predicted octanol–water partition coefficient (Wildman–Crippen LogP) is 2.91. The second kappa shape index (κ2) is 7.21. The molecule has 1 aliphatic rings. The van der Waals surface area contributed by atoms with Crippen LogP contribution in [0.4, 0.5) is 5.82 Å². The van der Waals surface area contributed by atoms with Gasteiger partial charge in [0.25, 0.3) is 0 Å². The van der Waals surface area contributed by atoms with E-state index >= 15 is 0 Å². The zero-order valence-corrected chi connectivity index (χ0v) is 14.8. The average molecular weight is 356 g/mol. The van der Waals surface area contributed by atoms with Gasteiger partial charge < -0.3 is 5.32 Å². The Bertz CT molecular complexity index is 882. The van der Waals surface area contributed by atoms with Gasteiger partial charge in [-0.2, -0.15) is 9.57 Å². The van der Waals surface area contributed by atoms with Crippen LogP contribution < -0.4 is 5.32 Å². The van der Waals surface area contributed by atoms with E-state index in [9.17, 15) is 8.42 Å². The maximum absolute atomic E-state index is 12.5. The molecule has 1 N–H and O–H groups in total. The van der Waals surface area contributed by atoms with Gasteiger partial charge in [-0.1, -0.05) is 12.1 Å². The Morgan fingerprint density at radius 3 is 2.64 bits per heavy atom. The first-order valence-corrected chi connectivity index (χ1v) is 9.67. The lowest BCUT2D eigenvalue weighted by atomic mass is 10.1. The van der Waals surface area contributed by atoms with Gasteiger partial charge in [-0.25, -0.2) is 13.4 Å². The lowest BCUT2D eigenvalue weighted by Crippen LogP contribution is -2.27. The maximum Gasteiger partial charge on any atom is 0.244 e. The third-order valence-electron chi connectivity index (χ3n) is 4.32. The van der Waals surface area contributed by atoms with Crippen molar-refractivity contribution in [2.45, 2.75) is 30.7 Å². The molecule has 0 amide bonds. The Morgan fingerprint density at radius 2 is 2.00 bits per heavy atom. The average Bonchev–Trinajstić information content (AvgIpc) is 3.18. The van der Waals surface area contributed by atoms with Crippen LogP contribution in [0.5, 0.6) is 0 Å². The largest absolute Gasteiger partial charge is 0.364 e. The molecule has 1 saturated heterocycles. The van der Waals surface area contributed by atoms with Crippen molar-refractivity contribution < 1.29 is 8.42 Å². The molecule has 0 radical (unpaired) electrons. The fraction of sp³-hybridized carbons (Fsp3) is 0.333. The Morgan fingerprint density at radius 1 is 1.24 bits per heavy atom. The molecule has 1 atom stereocenters. The van der Waals surface area contributed by atoms with Crippen molar-refractivity contribution in [2.75, 3.05) is 18.4 Å². The highest BCUT2D eigenvalue weighted by molar-refractivity contribution is 7.89. The quantitative estimate of drug-likeness (QED) is 0.890. The zero-order chi connectivity index (χ0) is 17.9. The summed E-state index contributed by atoms with van der Waals surface area (Å²) in [6.07, 6.45) is 3.21. The number of rotatable bonds is 5. The first-order valence-electron chi connectivity index (χ1n) is 8.23. The van der Waals surface area contributed by atoms with Crippen molar-refractivity contribution in [3.63, 3.8) is 0 Å². The number of nitrogens with zero attached hydrogens (tertiary/aromatic N) is 3. The van der Waals surface area contributed by atoms with E-state index in [0.29, 0.717) is 24.5 Å². The Kier molecular flexibility index (Phi) is 5.02. The van der Waals surface area contributed by atoms with Crippen molar-refractivity contribution in [3.05, 3.63) is 53.7 Å². The number of nitriles is 1. The molecule has 3 rings (SSSR count). The van der Waals surface area contributed by atoms with Crippen molar-refractivity contribution >= 4 is 15.8 Å². The van der Waals surface area contributed by atoms with Crippen LogP contribution in [0.1, 0.15) is 36.9 Å². The molecule has 0 spiro atoms. The van der Waals surface area contributed by atoms with Crippen molar-refractivity contribution in [2.24, 2.45) is 0 Å². The highest BCUT2D eigenvalue weighted by Gasteiger charge is 2.27. The van der Waals surface area contributed by atoms with Gasteiger partial charge in [0, 0.05) is 25.3 Å². The van der Waals surface area contributed by atoms with Crippen LogP contribution in [0.25, 0.3) is 0 Å². The normalized spacial score (nSPS) is 16.3. The zero-order valence-electron chi connectivity index (χ0n) is 14.0.